The third-order valence-electron chi connectivity index (χ3n) is 5.12. The van der Waals surface area contributed by atoms with Crippen LogP contribution in [0.2, 0.25) is 0 Å². The second-order valence-corrected chi connectivity index (χ2v) is 6.60. The Labute approximate surface area is 135 Å². The molecule has 1 saturated heterocycles. The van der Waals surface area contributed by atoms with E-state index in [-0.39, 0.29) is 17.2 Å². The summed E-state index contributed by atoms with van der Waals surface area (Å²) in [5.74, 6) is 0.942. The van der Waals surface area contributed by atoms with Crippen LogP contribution in [0.1, 0.15) is 25.0 Å². The van der Waals surface area contributed by atoms with E-state index in [4.69, 9.17) is 4.42 Å². The minimum Gasteiger partial charge on any atom is -0.444 e. The molecule has 2 aliphatic rings. The number of nitrogens with one attached hydrogen (secondary N) is 2. The summed E-state index contributed by atoms with van der Waals surface area (Å²) >= 11 is 0. The van der Waals surface area contributed by atoms with Crippen LogP contribution in [0.25, 0.3) is 11.5 Å². The molecular weight excluding hydrogens is 290 g/mol. The van der Waals surface area contributed by atoms with E-state index in [0.29, 0.717) is 12.4 Å². The van der Waals surface area contributed by atoms with Crippen molar-refractivity contribution in [2.75, 3.05) is 13.1 Å². The van der Waals surface area contributed by atoms with Crippen LogP contribution in [0.5, 0.6) is 0 Å². The predicted molar refractivity (Wildman–Crippen MR) is 86.4 cm³/mol. The van der Waals surface area contributed by atoms with Crippen LogP contribution in [-0.2, 0) is 11.3 Å². The molecule has 1 spiro atoms. The molecule has 2 N–H and O–H groups in total. The first-order valence-corrected chi connectivity index (χ1v) is 8.25. The number of oxazole rings is 1. The maximum Gasteiger partial charge on any atom is 0.226 e. The summed E-state index contributed by atoms with van der Waals surface area (Å²) in [6, 6.07) is 9.78. The number of hydrogen-bond donors (Lipinski definition) is 2. The van der Waals surface area contributed by atoms with E-state index < -0.39 is 0 Å². The lowest BCUT2D eigenvalue weighted by molar-refractivity contribution is -0.123. The Morgan fingerprint density at radius 2 is 2.09 bits per heavy atom. The summed E-state index contributed by atoms with van der Waals surface area (Å²) in [5, 5.41) is 6.38. The van der Waals surface area contributed by atoms with Gasteiger partial charge in [0.25, 0.3) is 0 Å². The minimum absolute atomic E-state index is 0.163. The van der Waals surface area contributed by atoms with Gasteiger partial charge in [-0.1, -0.05) is 18.2 Å². The smallest absolute Gasteiger partial charge is 0.226 e. The van der Waals surface area contributed by atoms with Gasteiger partial charge in [-0.25, -0.2) is 4.98 Å². The van der Waals surface area contributed by atoms with Crippen molar-refractivity contribution in [1.82, 2.24) is 15.6 Å². The maximum absolute atomic E-state index is 12.3. The van der Waals surface area contributed by atoms with Gasteiger partial charge in [0.05, 0.1) is 12.2 Å². The van der Waals surface area contributed by atoms with Gasteiger partial charge in [-0.2, -0.15) is 0 Å². The van der Waals surface area contributed by atoms with Gasteiger partial charge in [0.15, 0.2) is 0 Å². The molecule has 1 amide bonds. The van der Waals surface area contributed by atoms with Crippen molar-refractivity contribution in [3.8, 4) is 11.5 Å². The van der Waals surface area contributed by atoms with E-state index in [1.807, 2.05) is 30.3 Å². The van der Waals surface area contributed by atoms with Crippen molar-refractivity contribution in [2.45, 2.75) is 25.8 Å². The monoisotopic (exact) mass is 311 g/mol. The third kappa shape index (κ3) is 2.88. The van der Waals surface area contributed by atoms with E-state index in [1.54, 1.807) is 6.26 Å². The first kappa shape index (κ1) is 14.5. The molecule has 1 atom stereocenters. The molecule has 5 heteroatoms. The molecule has 2 fully saturated rings. The number of benzene rings is 1. The lowest BCUT2D eigenvalue weighted by atomic mass is 9.92. The minimum atomic E-state index is 0.163. The third-order valence-corrected chi connectivity index (χ3v) is 5.12. The summed E-state index contributed by atoms with van der Waals surface area (Å²) in [7, 11) is 0. The number of nitrogens with zero attached hydrogens (tertiary/aromatic N) is 1. The summed E-state index contributed by atoms with van der Waals surface area (Å²) in [4.78, 5) is 16.8. The van der Waals surface area contributed by atoms with Gasteiger partial charge < -0.3 is 15.1 Å². The van der Waals surface area contributed by atoms with Crippen molar-refractivity contribution in [1.29, 1.82) is 0 Å². The SMILES string of the molecule is O=C(NCc1coc(-c2ccccc2)n1)C1CC12CCNCC2. The molecule has 2 aromatic rings. The Bertz CT molecular complexity index is 689. The lowest BCUT2D eigenvalue weighted by Crippen LogP contribution is -2.33. The molecule has 2 heterocycles. The molecule has 23 heavy (non-hydrogen) atoms. The van der Waals surface area contributed by atoms with Gasteiger partial charge in [0, 0.05) is 11.5 Å². The fraction of sp³-hybridized carbons (Fsp3) is 0.444. The van der Waals surface area contributed by atoms with Crippen LogP contribution >= 0.6 is 0 Å². The average molecular weight is 311 g/mol. The molecule has 1 aliphatic heterocycles. The molecule has 4 rings (SSSR count). The second kappa shape index (κ2) is 5.81. The molecule has 120 valence electrons. The fourth-order valence-corrected chi connectivity index (χ4v) is 3.60. The van der Waals surface area contributed by atoms with Crippen molar-refractivity contribution < 1.29 is 9.21 Å². The Morgan fingerprint density at radius 1 is 1.30 bits per heavy atom. The summed E-state index contributed by atoms with van der Waals surface area (Å²) in [6.07, 6.45) is 4.89. The van der Waals surface area contributed by atoms with E-state index in [9.17, 15) is 4.79 Å². The van der Waals surface area contributed by atoms with E-state index >= 15 is 0 Å². The van der Waals surface area contributed by atoms with Crippen molar-refractivity contribution in [3.63, 3.8) is 0 Å². The number of rotatable bonds is 4. The normalized spacial score (nSPS) is 22.0. The molecule has 1 saturated carbocycles. The number of carbonyl (C=O) groups is 1. The quantitative estimate of drug-likeness (QED) is 0.909. The van der Waals surface area contributed by atoms with Crippen molar-refractivity contribution >= 4 is 5.91 Å². The highest BCUT2D eigenvalue weighted by atomic mass is 16.3. The lowest BCUT2D eigenvalue weighted by Gasteiger charge is -2.23. The van der Waals surface area contributed by atoms with E-state index in [2.05, 4.69) is 15.6 Å². The number of hydrogen-bond acceptors (Lipinski definition) is 4. The Balaban J connectivity index is 1.33. The zero-order valence-corrected chi connectivity index (χ0v) is 13.0. The van der Waals surface area contributed by atoms with Crippen LogP contribution in [0.15, 0.2) is 41.0 Å². The van der Waals surface area contributed by atoms with Gasteiger partial charge in [0.2, 0.25) is 11.8 Å². The highest BCUT2D eigenvalue weighted by molar-refractivity contribution is 5.82. The van der Waals surface area contributed by atoms with E-state index in [1.165, 1.54) is 0 Å². The molecule has 5 nitrogen and oxygen atoms in total. The van der Waals surface area contributed by atoms with Crippen LogP contribution in [0.3, 0.4) is 0 Å². The zero-order valence-electron chi connectivity index (χ0n) is 13.0. The van der Waals surface area contributed by atoms with E-state index in [0.717, 1.165) is 43.6 Å². The van der Waals surface area contributed by atoms with Crippen LogP contribution in [0, 0.1) is 11.3 Å². The van der Waals surface area contributed by atoms with Gasteiger partial charge in [-0.15, -0.1) is 0 Å². The molecule has 1 aromatic carbocycles. The summed E-state index contributed by atoms with van der Waals surface area (Å²) in [6.45, 7) is 2.50. The van der Waals surface area contributed by atoms with Crippen LogP contribution in [-0.4, -0.2) is 24.0 Å². The van der Waals surface area contributed by atoms with Crippen molar-refractivity contribution in [2.24, 2.45) is 11.3 Å². The van der Waals surface area contributed by atoms with Gasteiger partial charge in [0.1, 0.15) is 6.26 Å². The van der Waals surface area contributed by atoms with Gasteiger partial charge in [-0.3, -0.25) is 4.79 Å². The number of carbonyl (C=O) groups excluding carboxylic acids is 1. The fourth-order valence-electron chi connectivity index (χ4n) is 3.60. The number of amides is 1. The molecule has 1 aliphatic carbocycles. The van der Waals surface area contributed by atoms with Crippen LogP contribution in [0.4, 0.5) is 0 Å². The molecule has 1 unspecified atom stereocenters. The Morgan fingerprint density at radius 3 is 2.87 bits per heavy atom. The van der Waals surface area contributed by atoms with Crippen LogP contribution < -0.4 is 10.6 Å². The second-order valence-electron chi connectivity index (χ2n) is 6.60. The first-order chi connectivity index (χ1) is 11.3. The molecular formula is C18H21N3O2. The molecule has 0 bridgehead atoms. The number of aromatic nitrogens is 1. The average Bonchev–Trinajstić information content (AvgIpc) is 3.08. The maximum atomic E-state index is 12.3. The largest absolute Gasteiger partial charge is 0.444 e. The Kier molecular flexibility index (Phi) is 3.65. The van der Waals surface area contributed by atoms with Gasteiger partial charge in [-0.05, 0) is 49.9 Å². The summed E-state index contributed by atoms with van der Waals surface area (Å²) < 4.78 is 5.50. The zero-order chi connectivity index (χ0) is 15.7. The highest BCUT2D eigenvalue weighted by Gasteiger charge is 2.57. The Hall–Kier alpha value is -2.14. The highest BCUT2D eigenvalue weighted by Crippen LogP contribution is 2.58. The summed E-state index contributed by atoms with van der Waals surface area (Å²) in [5.41, 5.74) is 1.98. The van der Waals surface area contributed by atoms with Crippen molar-refractivity contribution in [3.05, 3.63) is 42.3 Å². The number of piperidine rings is 1. The predicted octanol–water partition coefficient (Wildman–Crippen LogP) is 2.35. The standard InChI is InChI=1S/C18H21N3O2/c22-16(15-10-18(15)6-8-19-9-7-18)20-11-14-12-23-17(21-14)13-4-2-1-3-5-13/h1-5,12,15,19H,6-11H2,(H,20,22). The topological polar surface area (TPSA) is 67.2 Å². The molecule has 0 radical (unpaired) electrons. The first-order valence-electron chi connectivity index (χ1n) is 8.25. The molecule has 1 aromatic heterocycles. The van der Waals surface area contributed by atoms with Gasteiger partial charge >= 0.3 is 0 Å².